The summed E-state index contributed by atoms with van der Waals surface area (Å²) < 4.78 is 0.909. The zero-order valence-corrected chi connectivity index (χ0v) is 14.8. The molecule has 0 bridgehead atoms. The van der Waals surface area contributed by atoms with Gasteiger partial charge in [0.1, 0.15) is 0 Å². The third-order valence-corrected chi connectivity index (χ3v) is 3.81. The van der Waals surface area contributed by atoms with Crippen LogP contribution in [0.1, 0.15) is 0 Å². The molecule has 0 aliphatic heterocycles. The minimum Gasteiger partial charge on any atom is -0.329 e. The van der Waals surface area contributed by atoms with Gasteiger partial charge in [-0.3, -0.25) is 4.79 Å². The van der Waals surface area contributed by atoms with Crippen LogP contribution in [0.25, 0.3) is 0 Å². The van der Waals surface area contributed by atoms with E-state index >= 15 is 0 Å². The van der Waals surface area contributed by atoms with Crippen molar-refractivity contribution in [2.24, 2.45) is 0 Å². The normalized spacial score (nSPS) is 10.0. The minimum absolute atomic E-state index is 0.180. The smallest absolute Gasteiger partial charge is 0.319 e. The number of carbonyl (C=O) groups is 2. The van der Waals surface area contributed by atoms with Crippen LogP contribution in [0, 0.1) is 0 Å². The lowest BCUT2D eigenvalue weighted by atomic mass is 10.3. The molecule has 0 spiro atoms. The Morgan fingerprint density at radius 1 is 1.00 bits per heavy atom. The van der Waals surface area contributed by atoms with Gasteiger partial charge in [0, 0.05) is 15.2 Å². The summed E-state index contributed by atoms with van der Waals surface area (Å²) in [5, 5.41) is 8.41. The third kappa shape index (κ3) is 5.74. The first kappa shape index (κ1) is 17.6. The molecule has 0 aliphatic rings. The Bertz CT molecular complexity index is 723. The highest BCUT2D eigenvalue weighted by molar-refractivity contribution is 9.10. The quantitative estimate of drug-likeness (QED) is 0.685. The lowest BCUT2D eigenvalue weighted by Crippen LogP contribution is -2.35. The van der Waals surface area contributed by atoms with Crippen LogP contribution < -0.4 is 16.0 Å². The van der Waals surface area contributed by atoms with Crippen molar-refractivity contribution in [3.63, 3.8) is 0 Å². The number of halogens is 3. The summed E-state index contributed by atoms with van der Waals surface area (Å²) in [6, 6.07) is 11.2. The lowest BCUT2D eigenvalue weighted by Gasteiger charge is -2.10. The van der Waals surface area contributed by atoms with Crippen LogP contribution in [0.15, 0.2) is 46.9 Å². The SMILES string of the molecule is O=C(CNC(=O)Nc1cc(Cl)ccc1Cl)Nc1ccc(Br)cc1. The van der Waals surface area contributed by atoms with Gasteiger partial charge in [-0.05, 0) is 42.5 Å². The Morgan fingerprint density at radius 2 is 1.70 bits per heavy atom. The van der Waals surface area contributed by atoms with E-state index in [0.29, 0.717) is 21.4 Å². The van der Waals surface area contributed by atoms with E-state index in [4.69, 9.17) is 23.2 Å². The van der Waals surface area contributed by atoms with Crippen LogP contribution in [0.3, 0.4) is 0 Å². The van der Waals surface area contributed by atoms with Crippen LogP contribution >= 0.6 is 39.1 Å². The van der Waals surface area contributed by atoms with E-state index in [1.165, 1.54) is 6.07 Å². The summed E-state index contributed by atoms with van der Waals surface area (Å²) >= 11 is 15.1. The number of rotatable bonds is 4. The standard InChI is InChI=1S/C15H12BrCl2N3O2/c16-9-1-4-11(5-2-9)20-14(22)8-19-15(23)21-13-7-10(17)3-6-12(13)18/h1-7H,8H2,(H,20,22)(H2,19,21,23). The fourth-order valence-electron chi connectivity index (χ4n) is 1.66. The zero-order chi connectivity index (χ0) is 16.8. The summed E-state index contributed by atoms with van der Waals surface area (Å²) in [6.45, 7) is -0.180. The van der Waals surface area contributed by atoms with Gasteiger partial charge in [-0.1, -0.05) is 39.1 Å². The lowest BCUT2D eigenvalue weighted by molar-refractivity contribution is -0.115. The number of hydrogen-bond acceptors (Lipinski definition) is 2. The fourth-order valence-corrected chi connectivity index (χ4v) is 2.26. The van der Waals surface area contributed by atoms with Crippen LogP contribution in [-0.4, -0.2) is 18.5 Å². The molecular weight excluding hydrogens is 405 g/mol. The number of benzene rings is 2. The van der Waals surface area contributed by atoms with Crippen molar-refractivity contribution in [1.82, 2.24) is 5.32 Å². The molecular formula is C15H12BrCl2N3O2. The Morgan fingerprint density at radius 3 is 2.39 bits per heavy atom. The molecule has 0 fully saturated rings. The molecule has 0 atom stereocenters. The molecule has 3 amide bonds. The second kappa shape index (κ2) is 8.19. The van der Waals surface area contributed by atoms with E-state index in [9.17, 15) is 9.59 Å². The van der Waals surface area contributed by atoms with Gasteiger partial charge in [-0.2, -0.15) is 0 Å². The average Bonchev–Trinajstić information content (AvgIpc) is 2.51. The van der Waals surface area contributed by atoms with Gasteiger partial charge in [0.15, 0.2) is 0 Å². The maximum atomic E-state index is 11.8. The molecule has 0 saturated heterocycles. The molecule has 0 aliphatic carbocycles. The molecule has 0 aromatic heterocycles. The van der Waals surface area contributed by atoms with E-state index in [1.807, 2.05) is 0 Å². The third-order valence-electron chi connectivity index (χ3n) is 2.71. The number of hydrogen-bond donors (Lipinski definition) is 3. The molecule has 2 aromatic carbocycles. The first-order valence-electron chi connectivity index (χ1n) is 6.49. The molecule has 2 rings (SSSR count). The average molecular weight is 417 g/mol. The number of anilines is 2. The molecule has 3 N–H and O–H groups in total. The van der Waals surface area contributed by atoms with Crippen molar-refractivity contribution in [3.8, 4) is 0 Å². The highest BCUT2D eigenvalue weighted by Gasteiger charge is 2.08. The van der Waals surface area contributed by atoms with Crippen molar-refractivity contribution >= 4 is 62.4 Å². The van der Waals surface area contributed by atoms with Gasteiger partial charge in [0.2, 0.25) is 5.91 Å². The van der Waals surface area contributed by atoms with Crippen LogP contribution in [0.5, 0.6) is 0 Å². The number of urea groups is 1. The van der Waals surface area contributed by atoms with Crippen molar-refractivity contribution in [2.75, 3.05) is 17.2 Å². The molecule has 120 valence electrons. The molecule has 0 radical (unpaired) electrons. The summed E-state index contributed by atoms with van der Waals surface area (Å²) in [5.41, 5.74) is 1.00. The van der Waals surface area contributed by atoms with Crippen molar-refractivity contribution < 1.29 is 9.59 Å². The number of nitrogens with one attached hydrogen (secondary N) is 3. The summed E-state index contributed by atoms with van der Waals surface area (Å²) in [5.74, 6) is -0.348. The van der Waals surface area contributed by atoms with Gasteiger partial charge < -0.3 is 16.0 Å². The molecule has 0 saturated carbocycles. The molecule has 5 nitrogen and oxygen atoms in total. The van der Waals surface area contributed by atoms with Crippen LogP contribution in [-0.2, 0) is 4.79 Å². The monoisotopic (exact) mass is 415 g/mol. The van der Waals surface area contributed by atoms with Crippen LogP contribution in [0.4, 0.5) is 16.2 Å². The van der Waals surface area contributed by atoms with Crippen molar-refractivity contribution in [2.45, 2.75) is 0 Å². The van der Waals surface area contributed by atoms with E-state index in [1.54, 1.807) is 36.4 Å². The van der Waals surface area contributed by atoms with Gasteiger partial charge in [0.25, 0.3) is 0 Å². The summed E-state index contributed by atoms with van der Waals surface area (Å²) in [4.78, 5) is 23.5. The Labute approximate surface area is 151 Å². The predicted molar refractivity (Wildman–Crippen MR) is 96.3 cm³/mol. The molecule has 0 heterocycles. The minimum atomic E-state index is -0.555. The zero-order valence-electron chi connectivity index (χ0n) is 11.7. The van der Waals surface area contributed by atoms with E-state index in [2.05, 4.69) is 31.9 Å². The second-order valence-corrected chi connectivity index (χ2v) is 6.25. The van der Waals surface area contributed by atoms with Gasteiger partial charge in [0.05, 0.1) is 17.3 Å². The summed E-state index contributed by atoms with van der Waals surface area (Å²) in [7, 11) is 0. The predicted octanol–water partition coefficient (Wildman–Crippen LogP) is 4.52. The largest absolute Gasteiger partial charge is 0.329 e. The highest BCUT2D eigenvalue weighted by Crippen LogP contribution is 2.25. The van der Waals surface area contributed by atoms with E-state index < -0.39 is 6.03 Å². The van der Waals surface area contributed by atoms with Crippen LogP contribution in [0.2, 0.25) is 10.0 Å². The topological polar surface area (TPSA) is 70.2 Å². The van der Waals surface area contributed by atoms with E-state index in [-0.39, 0.29) is 12.5 Å². The van der Waals surface area contributed by atoms with Crippen molar-refractivity contribution in [3.05, 3.63) is 57.0 Å². The Balaban J connectivity index is 1.83. The van der Waals surface area contributed by atoms with Crippen molar-refractivity contribution in [1.29, 1.82) is 0 Å². The Hall–Kier alpha value is -1.76. The Kier molecular flexibility index (Phi) is 6.27. The molecule has 23 heavy (non-hydrogen) atoms. The maximum Gasteiger partial charge on any atom is 0.319 e. The number of amides is 3. The molecule has 0 unspecified atom stereocenters. The van der Waals surface area contributed by atoms with Gasteiger partial charge >= 0.3 is 6.03 Å². The number of carbonyl (C=O) groups excluding carboxylic acids is 2. The maximum absolute atomic E-state index is 11.8. The highest BCUT2D eigenvalue weighted by atomic mass is 79.9. The van der Waals surface area contributed by atoms with E-state index in [0.717, 1.165) is 4.47 Å². The molecule has 8 heteroatoms. The van der Waals surface area contributed by atoms with Gasteiger partial charge in [-0.15, -0.1) is 0 Å². The summed E-state index contributed by atoms with van der Waals surface area (Å²) in [6.07, 6.45) is 0. The second-order valence-electron chi connectivity index (χ2n) is 4.49. The molecule has 2 aromatic rings. The van der Waals surface area contributed by atoms with Gasteiger partial charge in [-0.25, -0.2) is 4.79 Å². The first-order chi connectivity index (χ1) is 10.9. The fraction of sp³-hybridized carbons (Fsp3) is 0.0667. The first-order valence-corrected chi connectivity index (χ1v) is 8.04.